The predicted molar refractivity (Wildman–Crippen MR) is 180 cm³/mol. The highest BCUT2D eigenvalue weighted by Gasteiger charge is 2.55. The van der Waals surface area contributed by atoms with Gasteiger partial charge in [0, 0.05) is 18.5 Å². The average molecular weight is 805 g/mol. The molecule has 0 aromatic carbocycles. The van der Waals surface area contributed by atoms with Gasteiger partial charge in [-0.05, 0) is 20.8 Å². The number of nitrogens with zero attached hydrogens (tertiary/aromatic N) is 8. The maximum absolute atomic E-state index is 16.5. The van der Waals surface area contributed by atoms with Crippen LogP contribution in [0, 0.1) is 5.41 Å². The third-order valence-electron chi connectivity index (χ3n) is 8.43. The molecule has 3 saturated heterocycles. The Morgan fingerprint density at radius 2 is 1.51 bits per heavy atom. The number of esters is 1. The first-order chi connectivity index (χ1) is 25.1. The second kappa shape index (κ2) is 14.3. The number of anilines is 2. The summed E-state index contributed by atoms with van der Waals surface area (Å²) < 4.78 is 93.4. The van der Waals surface area contributed by atoms with Crippen molar-refractivity contribution >= 4 is 65.9 Å². The summed E-state index contributed by atoms with van der Waals surface area (Å²) >= 11 is 0.470. The summed E-state index contributed by atoms with van der Waals surface area (Å²) in [5, 5.41) is 11.5. The molecule has 288 valence electrons. The van der Waals surface area contributed by atoms with E-state index < -0.39 is 94.3 Å². The quantitative estimate of drug-likeness (QED) is 0.143. The Morgan fingerprint density at radius 1 is 0.925 bits per heavy atom. The highest BCUT2D eigenvalue weighted by atomic mass is 32.7. The number of ether oxygens (including phenoxy) is 3. The van der Waals surface area contributed by atoms with Crippen molar-refractivity contribution in [2.75, 3.05) is 37.7 Å². The van der Waals surface area contributed by atoms with Gasteiger partial charge >= 0.3 is 20.6 Å². The maximum atomic E-state index is 16.5. The molecule has 10 atom stereocenters. The van der Waals surface area contributed by atoms with E-state index in [0.717, 1.165) is 13.4 Å². The summed E-state index contributed by atoms with van der Waals surface area (Å²) in [6.45, 7) is -1.06. The Morgan fingerprint density at radius 3 is 2.11 bits per heavy atom. The SMILES string of the molecule is COP1(=O)OCC2O[C@@H](n3cnc4c(N)ncnc43)C(OP(=O)(SCOC(=O)C(C)(C)C)OCC3OC(n4cnc5c(N)ncnc54)C(F)C3O1)C2O. The van der Waals surface area contributed by atoms with E-state index in [4.69, 9.17) is 48.3 Å². The number of nitrogens with two attached hydrogens (primary N) is 2. The monoisotopic (exact) mass is 804 g/mol. The normalized spacial score (nSPS) is 34.0. The highest BCUT2D eigenvalue weighted by Crippen LogP contribution is 2.64. The number of halogens is 1. The second-order valence-electron chi connectivity index (χ2n) is 13.0. The molecule has 2 bridgehead atoms. The summed E-state index contributed by atoms with van der Waals surface area (Å²) in [5.41, 5.74) is 11.6. The zero-order valence-corrected chi connectivity index (χ0v) is 31.0. The maximum Gasteiger partial charge on any atom is 0.475 e. The lowest BCUT2D eigenvalue weighted by Crippen LogP contribution is -2.35. The summed E-state index contributed by atoms with van der Waals surface area (Å²) in [6, 6.07) is 0. The van der Waals surface area contributed by atoms with E-state index in [1.165, 1.54) is 28.1 Å². The predicted octanol–water partition coefficient (Wildman–Crippen LogP) is 2.28. The van der Waals surface area contributed by atoms with E-state index in [0.29, 0.717) is 11.4 Å². The molecule has 0 spiro atoms. The van der Waals surface area contributed by atoms with Crippen molar-refractivity contribution in [3.05, 3.63) is 25.3 Å². The number of imidazole rings is 2. The van der Waals surface area contributed by atoms with E-state index in [1.54, 1.807) is 20.8 Å². The van der Waals surface area contributed by atoms with E-state index in [1.807, 2.05) is 0 Å². The minimum Gasteiger partial charge on any atom is -0.454 e. The Labute approximate surface area is 303 Å². The fraction of sp³-hybridized carbons (Fsp3) is 0.593. The topological polar surface area (TPSA) is 285 Å². The molecule has 7 heterocycles. The fourth-order valence-electron chi connectivity index (χ4n) is 5.70. The van der Waals surface area contributed by atoms with Crippen LogP contribution < -0.4 is 11.5 Å². The molecule has 4 aromatic rings. The van der Waals surface area contributed by atoms with Crippen LogP contribution in [0.5, 0.6) is 0 Å². The van der Waals surface area contributed by atoms with Crippen LogP contribution in [0.25, 0.3) is 22.3 Å². The van der Waals surface area contributed by atoms with E-state index in [2.05, 4.69) is 29.9 Å². The number of aliphatic hydroxyl groups is 1. The van der Waals surface area contributed by atoms with Gasteiger partial charge in [-0.1, -0.05) is 0 Å². The summed E-state index contributed by atoms with van der Waals surface area (Å²) in [5.74, 6) is -1.06. The lowest BCUT2D eigenvalue weighted by Gasteiger charge is -2.28. The largest absolute Gasteiger partial charge is 0.475 e. The number of nitrogen functional groups attached to an aromatic ring is 2. The smallest absolute Gasteiger partial charge is 0.454 e. The number of aliphatic hydroxyl groups excluding tert-OH is 1. The van der Waals surface area contributed by atoms with Crippen LogP contribution >= 0.6 is 26.0 Å². The molecule has 26 heteroatoms. The lowest BCUT2D eigenvalue weighted by molar-refractivity contribution is -0.150. The molecule has 5 N–H and O–H groups in total. The van der Waals surface area contributed by atoms with Gasteiger partial charge in [0.1, 0.15) is 60.1 Å². The number of hydrogen-bond donors (Lipinski definition) is 3. The second-order valence-corrected chi connectivity index (χ2v) is 18.7. The van der Waals surface area contributed by atoms with Crippen LogP contribution in [0.4, 0.5) is 16.0 Å². The molecule has 0 radical (unpaired) electrons. The van der Waals surface area contributed by atoms with Gasteiger partial charge in [0.25, 0.3) is 0 Å². The number of carbonyl (C=O) groups is 1. The molecule has 0 amide bonds. The zero-order valence-electron chi connectivity index (χ0n) is 28.4. The minimum atomic E-state index is -4.65. The molecule has 3 aliphatic rings. The number of fused-ring (bicyclic) bond motifs is 5. The van der Waals surface area contributed by atoms with Crippen molar-refractivity contribution < 1.29 is 60.3 Å². The summed E-state index contributed by atoms with van der Waals surface area (Å²) in [7, 11) is -3.64. The van der Waals surface area contributed by atoms with Crippen LogP contribution in [0.2, 0.25) is 0 Å². The van der Waals surface area contributed by atoms with E-state index >= 15 is 4.39 Å². The zero-order chi connectivity index (χ0) is 37.9. The Kier molecular flexibility index (Phi) is 10.3. The van der Waals surface area contributed by atoms with Crippen molar-refractivity contribution in [2.45, 2.75) is 69.9 Å². The number of rotatable bonds is 6. The molecule has 22 nitrogen and oxygen atoms in total. The summed E-state index contributed by atoms with van der Waals surface area (Å²) in [4.78, 5) is 37.1. The van der Waals surface area contributed by atoms with Crippen LogP contribution in [0.1, 0.15) is 33.2 Å². The number of phosphoric ester groups is 1. The van der Waals surface area contributed by atoms with Gasteiger partial charge in [-0.3, -0.25) is 36.5 Å². The van der Waals surface area contributed by atoms with Crippen molar-refractivity contribution in [3.63, 3.8) is 0 Å². The van der Waals surface area contributed by atoms with Crippen molar-refractivity contribution in [1.82, 2.24) is 39.0 Å². The number of alkyl halides is 1. The first-order valence-electron chi connectivity index (χ1n) is 15.8. The first kappa shape index (κ1) is 37.9. The van der Waals surface area contributed by atoms with Crippen LogP contribution in [-0.4, -0.2) is 113 Å². The fourth-order valence-corrected chi connectivity index (χ4v) is 9.60. The molecule has 3 fully saturated rings. The van der Waals surface area contributed by atoms with Crippen molar-refractivity contribution in [2.24, 2.45) is 5.41 Å². The molecule has 0 aliphatic carbocycles. The van der Waals surface area contributed by atoms with Gasteiger partial charge in [-0.2, -0.15) is 0 Å². The number of aromatic nitrogens is 8. The Hall–Kier alpha value is -3.41. The molecular formula is C27H35FN10O12P2S. The third kappa shape index (κ3) is 7.25. The molecular weight excluding hydrogens is 769 g/mol. The van der Waals surface area contributed by atoms with E-state index in [-0.39, 0.29) is 34.0 Å². The molecule has 3 aliphatic heterocycles. The van der Waals surface area contributed by atoms with Crippen LogP contribution in [0.3, 0.4) is 0 Å². The number of phosphoric acid groups is 1. The average Bonchev–Trinajstić information content (AvgIpc) is 3.88. The molecule has 7 rings (SSSR count). The number of hydrogen-bond acceptors (Lipinski definition) is 21. The van der Waals surface area contributed by atoms with E-state index in [9.17, 15) is 19.0 Å². The van der Waals surface area contributed by atoms with Crippen LogP contribution in [0.15, 0.2) is 25.3 Å². The standard InChI is InChI=1S/C27H35FN10O12P2S/c1-27(2,3)26(40)44-11-53-52(42)46-6-13-18(14(28)24(48-13)37-9-35-15-20(29)31-7-33-22(15)37)49-51(41,43-4)45-5-12-17(39)19(50-52)25(47-12)38-10-36-16-21(30)32-8-34-23(16)38/h7-10,12-14,17-19,24-25,39H,5-6,11H2,1-4H3,(H2,29,31,33)(H2,30,32,34)/t12?,13?,14?,17?,18?,19?,24?,25-,51?,52?/m1/s1. The van der Waals surface area contributed by atoms with Gasteiger partial charge in [-0.25, -0.2) is 43.4 Å². The van der Waals surface area contributed by atoms with Gasteiger partial charge in [-0.15, -0.1) is 0 Å². The molecule has 0 saturated carbocycles. The van der Waals surface area contributed by atoms with Gasteiger partial charge in [0.05, 0.1) is 31.3 Å². The summed E-state index contributed by atoms with van der Waals surface area (Å²) in [6.07, 6.45) is -7.81. The first-order valence-corrected chi connectivity index (χ1v) is 20.4. The number of carbonyl (C=O) groups excluding carboxylic acids is 1. The lowest BCUT2D eigenvalue weighted by atomic mass is 9.98. The van der Waals surface area contributed by atoms with Crippen molar-refractivity contribution in [1.29, 1.82) is 0 Å². The third-order valence-corrected chi connectivity index (χ3v) is 13.2. The minimum absolute atomic E-state index is 0.0285. The molecule has 9 unspecified atom stereocenters. The molecule has 4 aromatic heterocycles. The van der Waals surface area contributed by atoms with Gasteiger partial charge in [0.2, 0.25) is 0 Å². The van der Waals surface area contributed by atoms with Gasteiger partial charge in [0.15, 0.2) is 41.6 Å². The molecule has 53 heavy (non-hydrogen) atoms. The van der Waals surface area contributed by atoms with Crippen molar-refractivity contribution in [3.8, 4) is 0 Å². The Bertz CT molecular complexity index is 2110. The van der Waals surface area contributed by atoms with Gasteiger partial charge < -0.3 is 30.8 Å². The highest BCUT2D eigenvalue weighted by molar-refractivity contribution is 8.55. The van der Waals surface area contributed by atoms with Crippen LogP contribution in [-0.2, 0) is 50.8 Å². The Balaban J connectivity index is 1.25.